The van der Waals surface area contributed by atoms with Gasteiger partial charge < -0.3 is 15.0 Å². The Morgan fingerprint density at radius 1 is 1.47 bits per heavy atom. The van der Waals surface area contributed by atoms with Gasteiger partial charge in [-0.15, -0.1) is 0 Å². The Hall–Kier alpha value is -1.13. The first-order valence-electron chi connectivity index (χ1n) is 6.19. The molecule has 0 aromatic carbocycles. The molecular weight excluding hydrogens is 214 g/mol. The lowest BCUT2D eigenvalue weighted by Crippen LogP contribution is -2.47. The zero-order chi connectivity index (χ0) is 12.3. The molecule has 4 nitrogen and oxygen atoms in total. The number of ether oxygens (including phenoxy) is 1. The maximum absolute atomic E-state index is 5.64. The summed E-state index contributed by atoms with van der Waals surface area (Å²) in [6, 6.07) is 6.59. The molecule has 2 atom stereocenters. The minimum atomic E-state index is 0.279. The fraction of sp³-hybridized carbons (Fsp3) is 0.615. The van der Waals surface area contributed by atoms with Gasteiger partial charge in [-0.1, -0.05) is 6.07 Å². The zero-order valence-electron chi connectivity index (χ0n) is 10.8. The zero-order valence-corrected chi connectivity index (χ0v) is 10.8. The molecule has 0 radical (unpaired) electrons. The summed E-state index contributed by atoms with van der Waals surface area (Å²) in [6.07, 6.45) is 0.279. The third-order valence-corrected chi connectivity index (χ3v) is 3.05. The first kappa shape index (κ1) is 12.3. The molecule has 1 aliphatic rings. The average Bonchev–Trinajstić information content (AvgIpc) is 2.33. The van der Waals surface area contributed by atoms with E-state index in [2.05, 4.69) is 47.2 Å². The van der Waals surface area contributed by atoms with Crippen LogP contribution < -0.4 is 10.2 Å². The fourth-order valence-corrected chi connectivity index (χ4v) is 2.13. The highest BCUT2D eigenvalue weighted by molar-refractivity contribution is 5.41. The normalized spacial score (nSPS) is 25.0. The molecule has 0 bridgehead atoms. The molecule has 1 fully saturated rings. The molecule has 2 heterocycles. The molecule has 17 heavy (non-hydrogen) atoms. The molecule has 1 saturated heterocycles. The monoisotopic (exact) mass is 235 g/mol. The molecule has 0 spiro atoms. The van der Waals surface area contributed by atoms with Crippen LogP contribution in [0.5, 0.6) is 0 Å². The summed E-state index contributed by atoms with van der Waals surface area (Å²) >= 11 is 0. The summed E-state index contributed by atoms with van der Waals surface area (Å²) in [7, 11) is 1.94. The molecule has 1 N–H and O–H groups in total. The maximum Gasteiger partial charge on any atom is 0.129 e. The summed E-state index contributed by atoms with van der Waals surface area (Å²) in [5.41, 5.74) is 1.08. The summed E-state index contributed by atoms with van der Waals surface area (Å²) in [5.74, 6) is 1.06. The Kier molecular flexibility index (Phi) is 3.97. The van der Waals surface area contributed by atoms with E-state index in [-0.39, 0.29) is 6.10 Å². The van der Waals surface area contributed by atoms with E-state index in [1.54, 1.807) is 0 Å². The molecule has 1 aromatic heterocycles. The summed E-state index contributed by atoms with van der Waals surface area (Å²) in [4.78, 5) is 7.01. The van der Waals surface area contributed by atoms with Crippen LogP contribution in [-0.2, 0) is 11.3 Å². The smallest absolute Gasteiger partial charge is 0.129 e. The Morgan fingerprint density at radius 3 is 3.06 bits per heavy atom. The molecule has 2 rings (SSSR count). The Morgan fingerprint density at radius 2 is 2.29 bits per heavy atom. The Labute approximate surface area is 103 Å². The van der Waals surface area contributed by atoms with Crippen molar-refractivity contribution in [2.75, 3.05) is 25.1 Å². The minimum Gasteiger partial charge on any atom is -0.375 e. The van der Waals surface area contributed by atoms with E-state index in [1.165, 1.54) is 0 Å². The van der Waals surface area contributed by atoms with Crippen LogP contribution in [0.25, 0.3) is 0 Å². The van der Waals surface area contributed by atoms with Gasteiger partial charge in [-0.05, 0) is 33.0 Å². The van der Waals surface area contributed by atoms with Crippen LogP contribution in [0.1, 0.15) is 19.5 Å². The number of morpholine rings is 1. The second-order valence-electron chi connectivity index (χ2n) is 4.66. The molecule has 1 aromatic rings. The highest BCUT2D eigenvalue weighted by Gasteiger charge is 2.24. The van der Waals surface area contributed by atoms with Gasteiger partial charge in [0.2, 0.25) is 0 Å². The van der Waals surface area contributed by atoms with Crippen molar-refractivity contribution in [1.82, 2.24) is 10.3 Å². The number of rotatable bonds is 3. The van der Waals surface area contributed by atoms with E-state index in [9.17, 15) is 0 Å². The Bertz CT molecular complexity index is 369. The summed E-state index contributed by atoms with van der Waals surface area (Å²) in [5, 5.41) is 3.13. The third-order valence-electron chi connectivity index (χ3n) is 3.05. The van der Waals surface area contributed by atoms with Crippen molar-refractivity contribution in [2.24, 2.45) is 0 Å². The van der Waals surface area contributed by atoms with Crippen LogP contribution in [0.3, 0.4) is 0 Å². The lowest BCUT2D eigenvalue weighted by atomic mass is 10.2. The van der Waals surface area contributed by atoms with Crippen molar-refractivity contribution in [3.8, 4) is 0 Å². The van der Waals surface area contributed by atoms with E-state index in [0.717, 1.165) is 31.2 Å². The van der Waals surface area contributed by atoms with Gasteiger partial charge in [0.05, 0.1) is 24.4 Å². The van der Waals surface area contributed by atoms with Gasteiger partial charge in [-0.25, -0.2) is 4.98 Å². The Balaban J connectivity index is 2.16. The van der Waals surface area contributed by atoms with Gasteiger partial charge in [-0.3, -0.25) is 0 Å². The second kappa shape index (κ2) is 5.47. The van der Waals surface area contributed by atoms with Gasteiger partial charge >= 0.3 is 0 Å². The quantitative estimate of drug-likeness (QED) is 0.859. The van der Waals surface area contributed by atoms with Crippen molar-refractivity contribution in [1.29, 1.82) is 0 Å². The molecule has 94 valence electrons. The highest BCUT2D eigenvalue weighted by Crippen LogP contribution is 2.19. The predicted molar refractivity (Wildman–Crippen MR) is 69.2 cm³/mol. The number of nitrogens with one attached hydrogen (secondary N) is 1. The third kappa shape index (κ3) is 2.96. The van der Waals surface area contributed by atoms with Crippen LogP contribution in [0.4, 0.5) is 5.82 Å². The number of hydrogen-bond acceptors (Lipinski definition) is 4. The number of aromatic nitrogens is 1. The number of hydrogen-bond donors (Lipinski definition) is 1. The summed E-state index contributed by atoms with van der Waals surface area (Å²) in [6.45, 7) is 6.78. The van der Waals surface area contributed by atoms with E-state index < -0.39 is 0 Å². The van der Waals surface area contributed by atoms with Crippen LogP contribution in [-0.4, -0.2) is 37.3 Å². The van der Waals surface area contributed by atoms with Crippen LogP contribution in [0.15, 0.2) is 18.2 Å². The average molecular weight is 235 g/mol. The first-order valence-corrected chi connectivity index (χ1v) is 6.19. The summed E-state index contributed by atoms with van der Waals surface area (Å²) < 4.78 is 5.64. The van der Waals surface area contributed by atoms with E-state index in [4.69, 9.17) is 4.74 Å². The fourth-order valence-electron chi connectivity index (χ4n) is 2.13. The lowest BCUT2D eigenvalue weighted by Gasteiger charge is -2.37. The lowest BCUT2D eigenvalue weighted by molar-refractivity contribution is 0.0340. The topological polar surface area (TPSA) is 37.4 Å². The van der Waals surface area contributed by atoms with Gasteiger partial charge in [-0.2, -0.15) is 0 Å². The molecule has 0 saturated carbocycles. The SMILES string of the molecule is CNCc1cccc(N2CC(C)OCC2C)n1. The molecule has 0 aliphatic carbocycles. The van der Waals surface area contributed by atoms with Gasteiger partial charge in [0, 0.05) is 13.1 Å². The van der Waals surface area contributed by atoms with Crippen molar-refractivity contribution in [3.05, 3.63) is 23.9 Å². The van der Waals surface area contributed by atoms with E-state index in [0.29, 0.717) is 6.04 Å². The number of anilines is 1. The molecule has 2 unspecified atom stereocenters. The number of nitrogens with zero attached hydrogens (tertiary/aromatic N) is 2. The van der Waals surface area contributed by atoms with Gasteiger partial charge in [0.15, 0.2) is 0 Å². The minimum absolute atomic E-state index is 0.279. The van der Waals surface area contributed by atoms with E-state index in [1.807, 2.05) is 7.05 Å². The van der Waals surface area contributed by atoms with Crippen molar-refractivity contribution in [2.45, 2.75) is 32.5 Å². The largest absolute Gasteiger partial charge is 0.375 e. The van der Waals surface area contributed by atoms with Crippen molar-refractivity contribution in [3.63, 3.8) is 0 Å². The van der Waals surface area contributed by atoms with Gasteiger partial charge in [0.25, 0.3) is 0 Å². The van der Waals surface area contributed by atoms with Crippen LogP contribution >= 0.6 is 0 Å². The van der Waals surface area contributed by atoms with E-state index >= 15 is 0 Å². The maximum atomic E-state index is 5.64. The predicted octanol–water partition coefficient (Wildman–Crippen LogP) is 1.41. The standard InChI is InChI=1S/C13H21N3O/c1-10-9-17-11(2)8-16(10)13-6-4-5-12(15-13)7-14-3/h4-6,10-11,14H,7-9H2,1-3H3. The molecule has 0 amide bonds. The van der Waals surface area contributed by atoms with Crippen LogP contribution in [0, 0.1) is 0 Å². The molecule has 4 heteroatoms. The number of pyridine rings is 1. The molecular formula is C13H21N3O. The first-order chi connectivity index (χ1) is 8.20. The van der Waals surface area contributed by atoms with Gasteiger partial charge in [0.1, 0.15) is 5.82 Å². The highest BCUT2D eigenvalue weighted by atomic mass is 16.5. The van der Waals surface area contributed by atoms with Crippen LogP contribution in [0.2, 0.25) is 0 Å². The van der Waals surface area contributed by atoms with Crippen molar-refractivity contribution < 1.29 is 4.74 Å². The van der Waals surface area contributed by atoms with Crippen molar-refractivity contribution >= 4 is 5.82 Å². The second-order valence-corrected chi connectivity index (χ2v) is 4.66. The molecule has 1 aliphatic heterocycles.